The van der Waals surface area contributed by atoms with Gasteiger partial charge in [-0.2, -0.15) is 4.98 Å². The third-order valence-corrected chi connectivity index (χ3v) is 5.86. The second kappa shape index (κ2) is 9.58. The van der Waals surface area contributed by atoms with Gasteiger partial charge in [0.15, 0.2) is 11.6 Å². The van der Waals surface area contributed by atoms with E-state index in [4.69, 9.17) is 24.1 Å². The van der Waals surface area contributed by atoms with E-state index in [1.165, 1.54) is 0 Å². The van der Waals surface area contributed by atoms with Crippen molar-refractivity contribution in [1.29, 1.82) is 0 Å². The topological polar surface area (TPSA) is 67.5 Å². The highest BCUT2D eigenvalue weighted by molar-refractivity contribution is 5.85. The van der Waals surface area contributed by atoms with Crippen molar-refractivity contribution in [3.63, 3.8) is 0 Å². The molecular weight excluding hydrogens is 414 g/mol. The fourth-order valence-electron chi connectivity index (χ4n) is 4.04. The Bertz CT molecular complexity index is 1210. The molecule has 1 aliphatic rings. The normalized spacial score (nSPS) is 15.0. The maximum Gasteiger partial charge on any atom is 0.229 e. The Morgan fingerprint density at radius 3 is 2.48 bits per heavy atom. The predicted molar refractivity (Wildman–Crippen MR) is 131 cm³/mol. The number of fused-ring (bicyclic) bond motifs is 1. The molecule has 2 aromatic heterocycles. The second-order valence-electron chi connectivity index (χ2n) is 8.43. The minimum Gasteiger partial charge on any atom is -0.494 e. The number of likely N-dealkylation sites (N-methyl/N-ethyl adjacent to an activating group) is 1. The van der Waals surface area contributed by atoms with Crippen molar-refractivity contribution in [2.24, 2.45) is 0 Å². The van der Waals surface area contributed by atoms with Crippen LogP contribution in [-0.4, -0.2) is 59.7 Å². The fraction of sp³-hybridized carbons (Fsp3) is 0.346. The first kappa shape index (κ1) is 21.4. The molecule has 0 atom stereocenters. The molecule has 0 amide bonds. The summed E-state index contributed by atoms with van der Waals surface area (Å²) < 4.78 is 12.0. The van der Waals surface area contributed by atoms with Crippen molar-refractivity contribution in [3.05, 3.63) is 54.6 Å². The summed E-state index contributed by atoms with van der Waals surface area (Å²) in [6, 6.07) is 17.9. The molecule has 1 aliphatic heterocycles. The molecule has 170 valence electrons. The van der Waals surface area contributed by atoms with Crippen LogP contribution in [-0.2, 0) is 0 Å². The first-order valence-corrected chi connectivity index (χ1v) is 11.6. The van der Waals surface area contributed by atoms with Gasteiger partial charge in [-0.3, -0.25) is 0 Å². The Labute approximate surface area is 194 Å². The lowest BCUT2D eigenvalue weighted by molar-refractivity contribution is 0.317. The summed E-state index contributed by atoms with van der Waals surface area (Å²) in [4.78, 5) is 19.2. The van der Waals surface area contributed by atoms with Gasteiger partial charge in [0.05, 0.1) is 6.61 Å². The standard InChI is InChI=1S/C26H29N5O2/c1-3-18-32-21-12-10-19(11-13-21)23-27-24-22(33-26(29-24)20-8-5-4-6-9-20)25(28-23)31-15-7-14-30(2)16-17-31/h4-6,8-13H,3,7,14-18H2,1-2H3. The van der Waals surface area contributed by atoms with Crippen molar-refractivity contribution in [3.8, 4) is 28.6 Å². The molecule has 0 spiro atoms. The Kier molecular flexibility index (Phi) is 6.21. The van der Waals surface area contributed by atoms with Gasteiger partial charge >= 0.3 is 0 Å². The Morgan fingerprint density at radius 2 is 1.70 bits per heavy atom. The van der Waals surface area contributed by atoms with Crippen molar-refractivity contribution in [2.45, 2.75) is 19.8 Å². The van der Waals surface area contributed by atoms with E-state index >= 15 is 0 Å². The third-order valence-electron chi connectivity index (χ3n) is 5.86. The average Bonchev–Trinajstić information content (AvgIpc) is 3.18. The lowest BCUT2D eigenvalue weighted by Gasteiger charge is -2.21. The van der Waals surface area contributed by atoms with Crippen LogP contribution in [0.5, 0.6) is 5.75 Å². The Morgan fingerprint density at radius 1 is 0.879 bits per heavy atom. The lowest BCUT2D eigenvalue weighted by atomic mass is 10.2. The summed E-state index contributed by atoms with van der Waals surface area (Å²) in [6.07, 6.45) is 2.05. The molecule has 3 heterocycles. The van der Waals surface area contributed by atoms with Gasteiger partial charge in [-0.1, -0.05) is 25.1 Å². The maximum absolute atomic E-state index is 6.25. The molecule has 0 saturated carbocycles. The van der Waals surface area contributed by atoms with Crippen molar-refractivity contribution in [2.75, 3.05) is 44.7 Å². The maximum atomic E-state index is 6.25. The molecule has 1 saturated heterocycles. The third kappa shape index (κ3) is 4.68. The minimum atomic E-state index is 0.563. The van der Waals surface area contributed by atoms with Gasteiger partial charge in [0.25, 0.3) is 0 Å². The fourth-order valence-corrected chi connectivity index (χ4v) is 4.04. The lowest BCUT2D eigenvalue weighted by Crippen LogP contribution is -2.29. The number of oxazole rings is 1. The molecule has 0 bridgehead atoms. The molecule has 2 aromatic carbocycles. The molecule has 4 aromatic rings. The zero-order valence-electron chi connectivity index (χ0n) is 19.2. The van der Waals surface area contributed by atoms with Crippen LogP contribution in [0.15, 0.2) is 59.0 Å². The van der Waals surface area contributed by atoms with E-state index in [2.05, 4.69) is 23.8 Å². The number of rotatable bonds is 6. The van der Waals surface area contributed by atoms with Gasteiger partial charge in [0.1, 0.15) is 5.75 Å². The molecule has 0 unspecified atom stereocenters. The highest BCUT2D eigenvalue weighted by Crippen LogP contribution is 2.32. The molecular formula is C26H29N5O2. The first-order chi connectivity index (χ1) is 16.2. The van der Waals surface area contributed by atoms with Crippen LogP contribution < -0.4 is 9.64 Å². The summed E-state index contributed by atoms with van der Waals surface area (Å²) in [5.41, 5.74) is 3.08. The van der Waals surface area contributed by atoms with E-state index in [-0.39, 0.29) is 0 Å². The number of hydrogen-bond acceptors (Lipinski definition) is 7. The van der Waals surface area contributed by atoms with Crippen LogP contribution in [0, 0.1) is 0 Å². The van der Waals surface area contributed by atoms with Gasteiger partial charge in [0.2, 0.25) is 17.1 Å². The molecule has 0 radical (unpaired) electrons. The second-order valence-corrected chi connectivity index (χ2v) is 8.43. The predicted octanol–water partition coefficient (Wildman–Crippen LogP) is 4.88. The SMILES string of the molecule is CCCOc1ccc(-c2nc(N3CCCN(C)CC3)c3oc(-c4ccccc4)nc3n2)cc1. The monoisotopic (exact) mass is 443 g/mol. The van der Waals surface area contributed by atoms with Crippen LogP contribution in [0.1, 0.15) is 19.8 Å². The number of nitrogens with zero attached hydrogens (tertiary/aromatic N) is 5. The highest BCUT2D eigenvalue weighted by atomic mass is 16.5. The van der Waals surface area contributed by atoms with Crippen LogP contribution >= 0.6 is 0 Å². The summed E-state index contributed by atoms with van der Waals surface area (Å²) in [5.74, 6) is 2.87. The van der Waals surface area contributed by atoms with Crippen LogP contribution in [0.3, 0.4) is 0 Å². The molecule has 0 aliphatic carbocycles. The molecule has 7 nitrogen and oxygen atoms in total. The quantitative estimate of drug-likeness (QED) is 0.421. The van der Waals surface area contributed by atoms with Gasteiger partial charge in [-0.25, -0.2) is 9.97 Å². The molecule has 7 heteroatoms. The average molecular weight is 444 g/mol. The van der Waals surface area contributed by atoms with Crippen molar-refractivity contribution >= 4 is 17.0 Å². The zero-order chi connectivity index (χ0) is 22.6. The van der Waals surface area contributed by atoms with E-state index in [1.54, 1.807) is 0 Å². The number of hydrogen-bond donors (Lipinski definition) is 0. The first-order valence-electron chi connectivity index (χ1n) is 11.6. The van der Waals surface area contributed by atoms with E-state index in [9.17, 15) is 0 Å². The van der Waals surface area contributed by atoms with Crippen molar-refractivity contribution in [1.82, 2.24) is 19.9 Å². The zero-order valence-corrected chi connectivity index (χ0v) is 19.2. The largest absolute Gasteiger partial charge is 0.494 e. The molecule has 0 N–H and O–H groups in total. The highest BCUT2D eigenvalue weighted by Gasteiger charge is 2.23. The van der Waals surface area contributed by atoms with E-state index in [0.29, 0.717) is 29.6 Å². The van der Waals surface area contributed by atoms with E-state index in [1.807, 2.05) is 54.6 Å². The van der Waals surface area contributed by atoms with Crippen molar-refractivity contribution < 1.29 is 9.15 Å². The molecule has 33 heavy (non-hydrogen) atoms. The number of anilines is 1. The summed E-state index contributed by atoms with van der Waals surface area (Å²) in [6.45, 7) is 6.65. The Hall–Kier alpha value is -3.45. The van der Waals surface area contributed by atoms with E-state index in [0.717, 1.165) is 61.7 Å². The molecule has 5 rings (SSSR count). The van der Waals surface area contributed by atoms with Crippen LogP contribution in [0.25, 0.3) is 34.1 Å². The van der Waals surface area contributed by atoms with E-state index < -0.39 is 0 Å². The smallest absolute Gasteiger partial charge is 0.229 e. The Balaban J connectivity index is 1.58. The summed E-state index contributed by atoms with van der Waals surface area (Å²) >= 11 is 0. The summed E-state index contributed by atoms with van der Waals surface area (Å²) in [7, 11) is 2.16. The van der Waals surface area contributed by atoms with Gasteiger partial charge in [0, 0.05) is 30.8 Å². The van der Waals surface area contributed by atoms with Gasteiger partial charge in [-0.15, -0.1) is 0 Å². The van der Waals surface area contributed by atoms with Gasteiger partial charge in [-0.05, 0) is 62.8 Å². The molecule has 1 fully saturated rings. The summed E-state index contributed by atoms with van der Waals surface area (Å²) in [5, 5.41) is 0. The number of ether oxygens (including phenoxy) is 1. The van der Waals surface area contributed by atoms with Gasteiger partial charge < -0.3 is 19.0 Å². The number of aromatic nitrogens is 3. The number of benzene rings is 2. The minimum absolute atomic E-state index is 0.563. The van der Waals surface area contributed by atoms with Crippen LogP contribution in [0.2, 0.25) is 0 Å². The van der Waals surface area contributed by atoms with Crippen LogP contribution in [0.4, 0.5) is 5.82 Å².